The van der Waals surface area contributed by atoms with Crippen molar-refractivity contribution in [3.63, 3.8) is 0 Å². The van der Waals surface area contributed by atoms with Gasteiger partial charge < -0.3 is 4.42 Å². The fourth-order valence-corrected chi connectivity index (χ4v) is 4.28. The summed E-state index contributed by atoms with van der Waals surface area (Å²) in [6.07, 6.45) is 1.69. The summed E-state index contributed by atoms with van der Waals surface area (Å²) in [5, 5.41) is 1.20. The molecule has 3 aromatic rings. The van der Waals surface area contributed by atoms with Gasteiger partial charge in [-0.15, -0.1) is 0 Å². The lowest BCUT2D eigenvalue weighted by Gasteiger charge is -2.14. The molecule has 0 atom stereocenters. The Morgan fingerprint density at radius 2 is 1.74 bits per heavy atom. The molecular formula is C20H11Cl2NO2S2. The van der Waals surface area contributed by atoms with E-state index in [0.717, 1.165) is 5.56 Å². The van der Waals surface area contributed by atoms with E-state index in [2.05, 4.69) is 0 Å². The number of amides is 1. The van der Waals surface area contributed by atoms with Crippen molar-refractivity contribution in [1.29, 1.82) is 0 Å². The Morgan fingerprint density at radius 1 is 1.00 bits per heavy atom. The fourth-order valence-electron chi connectivity index (χ4n) is 2.65. The second kappa shape index (κ2) is 7.52. The minimum atomic E-state index is -0.192. The van der Waals surface area contributed by atoms with Crippen molar-refractivity contribution >= 4 is 69.2 Å². The number of halogens is 2. The van der Waals surface area contributed by atoms with Gasteiger partial charge in [-0.1, -0.05) is 59.3 Å². The normalized spacial score (nSPS) is 15.8. The zero-order chi connectivity index (χ0) is 19.0. The fraction of sp³-hybridized carbons (Fsp3) is 0. The number of carbonyl (C=O) groups is 1. The van der Waals surface area contributed by atoms with E-state index in [9.17, 15) is 4.79 Å². The molecule has 0 aliphatic carbocycles. The van der Waals surface area contributed by atoms with E-state index in [4.69, 9.17) is 39.8 Å². The Morgan fingerprint density at radius 3 is 2.48 bits per heavy atom. The van der Waals surface area contributed by atoms with Gasteiger partial charge in [-0.05, 0) is 48.5 Å². The average molecular weight is 432 g/mol. The number of hydrogen-bond acceptors (Lipinski definition) is 4. The molecule has 1 aromatic heterocycles. The highest BCUT2D eigenvalue weighted by molar-refractivity contribution is 8.27. The first-order valence-corrected chi connectivity index (χ1v) is 9.89. The summed E-state index contributed by atoms with van der Waals surface area (Å²) < 4.78 is 6.31. The van der Waals surface area contributed by atoms with Gasteiger partial charge in [0.25, 0.3) is 5.91 Å². The molecule has 1 aliphatic heterocycles. The molecular weight excluding hydrogens is 421 g/mol. The molecule has 3 nitrogen and oxygen atoms in total. The van der Waals surface area contributed by atoms with E-state index in [1.54, 1.807) is 42.5 Å². The summed E-state index contributed by atoms with van der Waals surface area (Å²) >= 11 is 18.7. The highest BCUT2D eigenvalue weighted by Gasteiger charge is 2.33. The first-order valence-electron chi connectivity index (χ1n) is 7.91. The van der Waals surface area contributed by atoms with Crippen LogP contribution in [0.5, 0.6) is 0 Å². The van der Waals surface area contributed by atoms with Gasteiger partial charge in [-0.25, -0.2) is 0 Å². The predicted octanol–water partition coefficient (Wildman–Crippen LogP) is 6.66. The molecule has 1 aliphatic rings. The molecule has 0 radical (unpaired) electrons. The topological polar surface area (TPSA) is 33.5 Å². The lowest BCUT2D eigenvalue weighted by molar-refractivity contribution is -0.113. The molecule has 1 amide bonds. The van der Waals surface area contributed by atoms with E-state index in [1.807, 2.05) is 24.3 Å². The van der Waals surface area contributed by atoms with E-state index in [-0.39, 0.29) is 5.91 Å². The summed E-state index contributed by atoms with van der Waals surface area (Å²) in [5.41, 5.74) is 1.48. The van der Waals surface area contributed by atoms with Crippen molar-refractivity contribution in [2.24, 2.45) is 0 Å². The van der Waals surface area contributed by atoms with E-state index >= 15 is 0 Å². The third kappa shape index (κ3) is 3.69. The number of carbonyl (C=O) groups excluding carboxylic acids is 1. The second-order valence-corrected chi connectivity index (χ2v) is 8.19. The van der Waals surface area contributed by atoms with Gasteiger partial charge in [-0.3, -0.25) is 9.69 Å². The molecule has 0 bridgehead atoms. The first kappa shape index (κ1) is 18.3. The van der Waals surface area contributed by atoms with Crippen molar-refractivity contribution in [3.05, 3.63) is 81.4 Å². The summed E-state index contributed by atoms with van der Waals surface area (Å²) in [6.45, 7) is 0. The number of benzene rings is 2. The van der Waals surface area contributed by atoms with Crippen LogP contribution in [-0.2, 0) is 4.79 Å². The Kier molecular flexibility index (Phi) is 5.10. The van der Waals surface area contributed by atoms with Crippen LogP contribution in [0, 0.1) is 0 Å². The van der Waals surface area contributed by atoms with Gasteiger partial charge >= 0.3 is 0 Å². The molecule has 1 saturated heterocycles. The van der Waals surface area contributed by atoms with Crippen molar-refractivity contribution in [3.8, 4) is 11.3 Å². The van der Waals surface area contributed by atoms with Crippen LogP contribution in [0.15, 0.2) is 70.0 Å². The summed E-state index contributed by atoms with van der Waals surface area (Å²) in [4.78, 5) is 14.8. The third-order valence-electron chi connectivity index (χ3n) is 3.92. The molecule has 2 heterocycles. The molecule has 134 valence electrons. The van der Waals surface area contributed by atoms with Crippen molar-refractivity contribution in [1.82, 2.24) is 0 Å². The largest absolute Gasteiger partial charge is 0.457 e. The first-order chi connectivity index (χ1) is 13.0. The van der Waals surface area contributed by atoms with E-state index in [0.29, 0.717) is 36.5 Å². The number of furan rings is 1. The van der Waals surface area contributed by atoms with Crippen LogP contribution in [0.4, 0.5) is 5.69 Å². The van der Waals surface area contributed by atoms with Crippen LogP contribution in [0.3, 0.4) is 0 Å². The maximum absolute atomic E-state index is 12.8. The number of anilines is 1. The third-order valence-corrected chi connectivity index (χ3v) is 5.80. The smallest absolute Gasteiger partial charge is 0.270 e. The second-order valence-electron chi connectivity index (χ2n) is 5.68. The van der Waals surface area contributed by atoms with Crippen LogP contribution in [0.2, 0.25) is 10.0 Å². The standard InChI is InChI=1S/C20H11Cl2NO2S2/c21-12-5-7-13(8-6-12)23-19(24)18(27-20(23)26)11-14-9-10-17(25-14)15-3-1-2-4-16(15)22/h1-11H. The molecule has 0 saturated carbocycles. The van der Waals surface area contributed by atoms with Crippen molar-refractivity contribution in [2.75, 3.05) is 4.90 Å². The molecule has 27 heavy (non-hydrogen) atoms. The van der Waals surface area contributed by atoms with Crippen LogP contribution in [-0.4, -0.2) is 10.2 Å². The summed E-state index contributed by atoms with van der Waals surface area (Å²) in [5.74, 6) is 1.00. The SMILES string of the molecule is O=C1C(=Cc2ccc(-c3ccccc3Cl)o2)SC(=S)N1c1ccc(Cl)cc1. The lowest BCUT2D eigenvalue weighted by Crippen LogP contribution is -2.27. The lowest BCUT2D eigenvalue weighted by atomic mass is 10.2. The molecule has 4 rings (SSSR count). The molecule has 7 heteroatoms. The van der Waals surface area contributed by atoms with Gasteiger partial charge in [0.1, 0.15) is 11.5 Å². The van der Waals surface area contributed by atoms with Crippen molar-refractivity contribution < 1.29 is 9.21 Å². The molecule has 1 fully saturated rings. The number of thiocarbonyl (C=S) groups is 1. The maximum atomic E-state index is 12.8. The van der Waals surface area contributed by atoms with Gasteiger partial charge in [0.05, 0.1) is 15.6 Å². The minimum absolute atomic E-state index is 0.192. The number of rotatable bonds is 3. The van der Waals surface area contributed by atoms with Gasteiger partial charge in [-0.2, -0.15) is 0 Å². The predicted molar refractivity (Wildman–Crippen MR) is 116 cm³/mol. The van der Waals surface area contributed by atoms with Crippen LogP contribution >= 0.6 is 47.2 Å². The van der Waals surface area contributed by atoms with Gasteiger partial charge in [0, 0.05) is 16.7 Å². The van der Waals surface area contributed by atoms with Crippen LogP contribution < -0.4 is 4.90 Å². The Balaban J connectivity index is 1.62. The molecule has 0 spiro atoms. The Bertz CT molecular complexity index is 1070. The van der Waals surface area contributed by atoms with Gasteiger partial charge in [0.2, 0.25) is 0 Å². The summed E-state index contributed by atoms with van der Waals surface area (Å²) in [7, 11) is 0. The van der Waals surface area contributed by atoms with Gasteiger partial charge in [0.15, 0.2) is 4.32 Å². The quantitative estimate of drug-likeness (QED) is 0.342. The number of thioether (sulfide) groups is 1. The monoisotopic (exact) mass is 431 g/mol. The zero-order valence-corrected chi connectivity index (χ0v) is 16.8. The Labute approximate surface area is 175 Å². The highest BCUT2D eigenvalue weighted by atomic mass is 35.5. The Hall–Kier alpha value is -2.05. The van der Waals surface area contributed by atoms with E-state index in [1.165, 1.54) is 16.7 Å². The minimum Gasteiger partial charge on any atom is -0.457 e. The van der Waals surface area contributed by atoms with Crippen LogP contribution in [0.1, 0.15) is 5.76 Å². The molecule has 0 unspecified atom stereocenters. The average Bonchev–Trinajstić information content (AvgIpc) is 3.22. The summed E-state index contributed by atoms with van der Waals surface area (Å²) in [6, 6.07) is 18.0. The highest BCUT2D eigenvalue weighted by Crippen LogP contribution is 2.37. The maximum Gasteiger partial charge on any atom is 0.270 e. The molecule has 0 N–H and O–H groups in total. The zero-order valence-electron chi connectivity index (χ0n) is 13.7. The number of hydrogen-bond donors (Lipinski definition) is 0. The van der Waals surface area contributed by atoms with Crippen molar-refractivity contribution in [2.45, 2.75) is 0 Å². The number of nitrogens with zero attached hydrogens (tertiary/aromatic N) is 1. The van der Waals surface area contributed by atoms with E-state index < -0.39 is 0 Å². The van der Waals surface area contributed by atoms with Crippen LogP contribution in [0.25, 0.3) is 17.4 Å². The molecule has 2 aromatic carbocycles.